The van der Waals surface area contributed by atoms with E-state index in [2.05, 4.69) is 34.4 Å². The van der Waals surface area contributed by atoms with Gasteiger partial charge in [-0.25, -0.2) is 0 Å². The Kier molecular flexibility index (Phi) is 13.6. The van der Waals surface area contributed by atoms with Crippen molar-refractivity contribution in [2.45, 2.75) is 52.4 Å². The Morgan fingerprint density at radius 2 is 1.76 bits per heavy atom. The normalized spacial score (nSPS) is 16.1. The summed E-state index contributed by atoms with van der Waals surface area (Å²) in [5, 5.41) is 6.85. The molecule has 1 aliphatic rings. The lowest BCUT2D eigenvalue weighted by Crippen LogP contribution is -2.40. The Bertz CT molecular complexity index is 261. The minimum absolute atomic E-state index is 0. The fourth-order valence-corrected chi connectivity index (χ4v) is 2.71. The van der Waals surface area contributed by atoms with Crippen molar-refractivity contribution in [3.05, 3.63) is 0 Å². The van der Waals surface area contributed by atoms with Gasteiger partial charge >= 0.3 is 0 Å². The van der Waals surface area contributed by atoms with Gasteiger partial charge in [0.25, 0.3) is 0 Å². The third-order valence-electron chi connectivity index (χ3n) is 4.33. The average molecular weight is 410 g/mol. The first-order valence-electron chi connectivity index (χ1n) is 8.47. The van der Waals surface area contributed by atoms with Gasteiger partial charge in [0.05, 0.1) is 0 Å². The van der Waals surface area contributed by atoms with Crippen LogP contribution in [-0.2, 0) is 0 Å². The van der Waals surface area contributed by atoms with Crippen LogP contribution in [0.2, 0.25) is 0 Å². The van der Waals surface area contributed by atoms with Crippen molar-refractivity contribution in [2.75, 3.05) is 39.8 Å². The van der Waals surface area contributed by atoms with Gasteiger partial charge in [-0.05, 0) is 51.2 Å². The van der Waals surface area contributed by atoms with Gasteiger partial charge in [0.1, 0.15) is 0 Å². The maximum atomic E-state index is 4.29. The summed E-state index contributed by atoms with van der Waals surface area (Å²) < 4.78 is 0. The van der Waals surface area contributed by atoms with E-state index in [4.69, 9.17) is 0 Å². The highest BCUT2D eigenvalue weighted by Crippen LogP contribution is 2.08. The molecule has 0 aromatic carbocycles. The molecule has 1 aliphatic heterocycles. The van der Waals surface area contributed by atoms with Crippen LogP contribution in [0.5, 0.6) is 0 Å². The highest BCUT2D eigenvalue weighted by Gasteiger charge is 2.10. The van der Waals surface area contributed by atoms with Crippen molar-refractivity contribution >= 4 is 29.9 Å². The molecule has 0 amide bonds. The zero-order chi connectivity index (χ0) is 14.6. The first kappa shape index (κ1) is 21.0. The van der Waals surface area contributed by atoms with Crippen molar-refractivity contribution in [1.82, 2.24) is 15.5 Å². The van der Waals surface area contributed by atoms with Gasteiger partial charge in [0.2, 0.25) is 0 Å². The fourth-order valence-electron chi connectivity index (χ4n) is 2.71. The first-order chi connectivity index (χ1) is 9.80. The van der Waals surface area contributed by atoms with Crippen LogP contribution in [0.4, 0.5) is 0 Å². The fraction of sp³-hybridized carbons (Fsp3) is 0.938. The highest BCUT2D eigenvalue weighted by molar-refractivity contribution is 14.0. The SMILES string of the molecule is CCC(CC)CNC(=NC)NCCCCN1CCCC1.I. The predicted octanol–water partition coefficient (Wildman–Crippen LogP) is 3.08. The van der Waals surface area contributed by atoms with E-state index in [1.807, 2.05) is 7.05 Å². The summed E-state index contributed by atoms with van der Waals surface area (Å²) in [5.74, 6) is 1.71. The molecule has 21 heavy (non-hydrogen) atoms. The van der Waals surface area contributed by atoms with Crippen LogP contribution in [0, 0.1) is 5.92 Å². The molecule has 0 aromatic rings. The van der Waals surface area contributed by atoms with Gasteiger partial charge in [0, 0.05) is 20.1 Å². The second kappa shape index (κ2) is 13.6. The van der Waals surface area contributed by atoms with Crippen LogP contribution >= 0.6 is 24.0 Å². The Labute approximate surface area is 148 Å². The van der Waals surface area contributed by atoms with Crippen molar-refractivity contribution in [3.63, 3.8) is 0 Å². The molecule has 0 radical (unpaired) electrons. The van der Waals surface area contributed by atoms with E-state index >= 15 is 0 Å². The quantitative estimate of drug-likeness (QED) is 0.266. The summed E-state index contributed by atoms with van der Waals surface area (Å²) >= 11 is 0. The molecular weight excluding hydrogens is 375 g/mol. The molecule has 0 aliphatic carbocycles. The van der Waals surface area contributed by atoms with E-state index in [1.165, 1.54) is 58.2 Å². The van der Waals surface area contributed by atoms with Gasteiger partial charge in [-0.3, -0.25) is 4.99 Å². The molecule has 2 N–H and O–H groups in total. The number of nitrogens with zero attached hydrogens (tertiary/aromatic N) is 2. The van der Waals surface area contributed by atoms with E-state index in [0.717, 1.165) is 25.0 Å². The third kappa shape index (κ3) is 9.55. The topological polar surface area (TPSA) is 39.7 Å². The zero-order valence-electron chi connectivity index (χ0n) is 14.2. The number of aliphatic imine (C=N–C) groups is 1. The van der Waals surface area contributed by atoms with E-state index in [9.17, 15) is 0 Å². The highest BCUT2D eigenvalue weighted by atomic mass is 127. The number of guanidine groups is 1. The maximum absolute atomic E-state index is 4.29. The van der Waals surface area contributed by atoms with Crippen LogP contribution in [0.25, 0.3) is 0 Å². The number of hydrogen-bond donors (Lipinski definition) is 2. The number of likely N-dealkylation sites (tertiary alicyclic amines) is 1. The Morgan fingerprint density at radius 3 is 2.33 bits per heavy atom. The molecule has 0 saturated carbocycles. The van der Waals surface area contributed by atoms with Gasteiger partial charge in [-0.1, -0.05) is 26.7 Å². The summed E-state index contributed by atoms with van der Waals surface area (Å²) in [6.07, 6.45) is 7.76. The molecule has 1 heterocycles. The van der Waals surface area contributed by atoms with E-state index < -0.39 is 0 Å². The lowest BCUT2D eigenvalue weighted by molar-refractivity contribution is 0.330. The Morgan fingerprint density at radius 1 is 1.10 bits per heavy atom. The number of hydrogen-bond acceptors (Lipinski definition) is 2. The van der Waals surface area contributed by atoms with E-state index in [0.29, 0.717) is 0 Å². The minimum Gasteiger partial charge on any atom is -0.356 e. The number of nitrogens with one attached hydrogen (secondary N) is 2. The predicted molar refractivity (Wildman–Crippen MR) is 104 cm³/mol. The van der Waals surface area contributed by atoms with Crippen LogP contribution < -0.4 is 10.6 Å². The van der Waals surface area contributed by atoms with Gasteiger partial charge < -0.3 is 15.5 Å². The lowest BCUT2D eigenvalue weighted by atomic mass is 10.0. The first-order valence-corrected chi connectivity index (χ1v) is 8.47. The molecule has 0 spiro atoms. The molecule has 4 nitrogen and oxygen atoms in total. The third-order valence-corrected chi connectivity index (χ3v) is 4.33. The lowest BCUT2D eigenvalue weighted by Gasteiger charge is -2.17. The summed E-state index contributed by atoms with van der Waals surface area (Å²) in [7, 11) is 1.85. The molecule has 1 rings (SSSR count). The smallest absolute Gasteiger partial charge is 0.190 e. The van der Waals surface area contributed by atoms with Crippen molar-refractivity contribution in [3.8, 4) is 0 Å². The van der Waals surface area contributed by atoms with Crippen LogP contribution in [-0.4, -0.2) is 50.6 Å². The molecule has 5 heteroatoms. The Balaban J connectivity index is 0.00000400. The molecule has 1 saturated heterocycles. The molecule has 0 atom stereocenters. The largest absolute Gasteiger partial charge is 0.356 e. The van der Waals surface area contributed by atoms with Gasteiger partial charge in [-0.2, -0.15) is 0 Å². The monoisotopic (exact) mass is 410 g/mol. The van der Waals surface area contributed by atoms with E-state index in [-0.39, 0.29) is 24.0 Å². The number of unbranched alkanes of at least 4 members (excludes halogenated alkanes) is 1. The summed E-state index contributed by atoms with van der Waals surface area (Å²) in [5.41, 5.74) is 0. The van der Waals surface area contributed by atoms with E-state index in [1.54, 1.807) is 0 Å². The second-order valence-corrected chi connectivity index (χ2v) is 5.82. The Hall–Kier alpha value is -0.0400. The summed E-state index contributed by atoms with van der Waals surface area (Å²) in [6.45, 7) is 10.4. The van der Waals surface area contributed by atoms with Crippen LogP contribution in [0.1, 0.15) is 52.4 Å². The van der Waals surface area contributed by atoms with Gasteiger partial charge in [-0.15, -0.1) is 24.0 Å². The standard InChI is InChI=1S/C16H34N4.HI/c1-4-15(5-2)14-19-16(17-3)18-10-6-7-11-20-12-8-9-13-20;/h15H,4-14H2,1-3H3,(H2,17,18,19);1H. The summed E-state index contributed by atoms with van der Waals surface area (Å²) in [4.78, 5) is 6.87. The van der Waals surface area contributed by atoms with Gasteiger partial charge in [0.15, 0.2) is 5.96 Å². The maximum Gasteiger partial charge on any atom is 0.190 e. The van der Waals surface area contributed by atoms with Crippen molar-refractivity contribution < 1.29 is 0 Å². The second-order valence-electron chi connectivity index (χ2n) is 5.82. The zero-order valence-corrected chi connectivity index (χ0v) is 16.5. The number of halogens is 1. The van der Waals surface area contributed by atoms with Crippen LogP contribution in [0.3, 0.4) is 0 Å². The molecule has 0 aromatic heterocycles. The summed E-state index contributed by atoms with van der Waals surface area (Å²) in [6, 6.07) is 0. The van der Waals surface area contributed by atoms with Crippen LogP contribution in [0.15, 0.2) is 4.99 Å². The average Bonchev–Trinajstić information content (AvgIpc) is 2.99. The minimum atomic E-state index is 0. The molecule has 0 unspecified atom stereocenters. The molecular formula is C16H35IN4. The van der Waals surface area contributed by atoms with Crippen molar-refractivity contribution in [1.29, 1.82) is 0 Å². The van der Waals surface area contributed by atoms with Crippen molar-refractivity contribution in [2.24, 2.45) is 10.9 Å². The molecule has 1 fully saturated rings. The molecule has 126 valence electrons. The number of rotatable bonds is 9. The molecule has 0 bridgehead atoms.